The first kappa shape index (κ1) is 16.7. The summed E-state index contributed by atoms with van der Waals surface area (Å²) < 4.78 is 5.75. The average molecular weight is 309 g/mol. The van der Waals surface area contributed by atoms with Gasteiger partial charge in [-0.15, -0.1) is 0 Å². The van der Waals surface area contributed by atoms with Gasteiger partial charge in [-0.3, -0.25) is 0 Å². The molecule has 1 atom stereocenters. The first-order valence-electron chi connectivity index (χ1n) is 7.34. The zero-order chi connectivity index (χ0) is 16.9. The second kappa shape index (κ2) is 6.59. The molecule has 0 amide bonds. The van der Waals surface area contributed by atoms with Crippen molar-refractivity contribution in [2.75, 3.05) is 0 Å². The maximum Gasteiger partial charge on any atom is 0.340 e. The van der Waals surface area contributed by atoms with Crippen molar-refractivity contribution < 1.29 is 14.3 Å². The molecule has 0 aliphatic carbocycles. The van der Waals surface area contributed by atoms with Crippen LogP contribution in [-0.2, 0) is 15.3 Å². The molecule has 0 spiro atoms. The van der Waals surface area contributed by atoms with E-state index in [9.17, 15) is 9.59 Å². The molecule has 0 fully saturated rings. The lowest BCUT2D eigenvalue weighted by Gasteiger charge is -2.39. The lowest BCUT2D eigenvalue weighted by Crippen LogP contribution is -2.42. The minimum atomic E-state index is -1.44. The van der Waals surface area contributed by atoms with Gasteiger partial charge in [0.2, 0.25) is 11.8 Å². The highest BCUT2D eigenvalue weighted by Gasteiger charge is 2.48. The summed E-state index contributed by atoms with van der Waals surface area (Å²) in [4.78, 5) is 27.5. The van der Waals surface area contributed by atoms with Crippen molar-refractivity contribution in [3.63, 3.8) is 0 Å². The zero-order valence-corrected chi connectivity index (χ0v) is 13.4. The highest BCUT2D eigenvalue weighted by molar-refractivity contribution is 5.89. The first-order chi connectivity index (χ1) is 10.9. The number of esters is 1. The van der Waals surface area contributed by atoms with Crippen molar-refractivity contribution in [2.24, 2.45) is 10.4 Å². The van der Waals surface area contributed by atoms with Crippen LogP contribution < -0.4 is 0 Å². The standard InChI is InChI=1S/C19H19NO3/c1-18(2,3)19(20-14-21,16-12-8-5-9-13-16)23-17(22)15-10-6-4-7-11-15/h4-13H,1-3H3. The smallest absolute Gasteiger partial charge is 0.340 e. The van der Waals surface area contributed by atoms with E-state index in [1.54, 1.807) is 42.5 Å². The molecule has 4 heteroatoms. The fourth-order valence-electron chi connectivity index (χ4n) is 2.40. The molecule has 0 N–H and O–H groups in total. The predicted octanol–water partition coefficient (Wildman–Crippen LogP) is 4.08. The number of hydrogen-bond donors (Lipinski definition) is 0. The number of nitrogens with zero attached hydrogens (tertiary/aromatic N) is 1. The second-order valence-electron chi connectivity index (χ2n) is 6.22. The normalized spacial score (nSPS) is 13.5. The molecule has 23 heavy (non-hydrogen) atoms. The van der Waals surface area contributed by atoms with Gasteiger partial charge in [0.15, 0.2) is 0 Å². The van der Waals surface area contributed by atoms with E-state index >= 15 is 0 Å². The van der Waals surface area contributed by atoms with Crippen molar-refractivity contribution in [1.29, 1.82) is 0 Å². The van der Waals surface area contributed by atoms with Crippen LogP contribution in [0.25, 0.3) is 0 Å². The van der Waals surface area contributed by atoms with Crippen molar-refractivity contribution in [2.45, 2.75) is 26.5 Å². The third-order valence-corrected chi connectivity index (χ3v) is 3.63. The number of hydrogen-bond acceptors (Lipinski definition) is 4. The molecule has 4 nitrogen and oxygen atoms in total. The van der Waals surface area contributed by atoms with Gasteiger partial charge in [0.25, 0.3) is 0 Å². The van der Waals surface area contributed by atoms with Crippen LogP contribution in [0.4, 0.5) is 0 Å². The fraction of sp³-hybridized carbons (Fsp3) is 0.263. The van der Waals surface area contributed by atoms with Gasteiger partial charge in [-0.05, 0) is 12.1 Å². The van der Waals surface area contributed by atoms with E-state index in [-0.39, 0.29) is 0 Å². The molecule has 0 saturated carbocycles. The Morgan fingerprint density at radius 3 is 1.96 bits per heavy atom. The van der Waals surface area contributed by atoms with Gasteiger partial charge in [0.1, 0.15) is 0 Å². The van der Waals surface area contributed by atoms with Gasteiger partial charge in [-0.1, -0.05) is 69.3 Å². The first-order valence-corrected chi connectivity index (χ1v) is 7.34. The number of aliphatic imine (C=N–C) groups is 1. The van der Waals surface area contributed by atoms with Gasteiger partial charge in [-0.2, -0.15) is 4.99 Å². The Balaban J connectivity index is 2.54. The summed E-state index contributed by atoms with van der Waals surface area (Å²) in [5, 5.41) is 0. The van der Waals surface area contributed by atoms with Gasteiger partial charge in [0.05, 0.1) is 5.56 Å². The SMILES string of the molecule is CC(C)(C)C(N=C=O)(OC(=O)c1ccccc1)c1ccccc1. The summed E-state index contributed by atoms with van der Waals surface area (Å²) in [7, 11) is 0. The predicted molar refractivity (Wildman–Crippen MR) is 87.6 cm³/mol. The van der Waals surface area contributed by atoms with Gasteiger partial charge >= 0.3 is 5.97 Å². The number of benzene rings is 2. The Morgan fingerprint density at radius 1 is 0.957 bits per heavy atom. The Kier molecular flexibility index (Phi) is 4.77. The van der Waals surface area contributed by atoms with Crippen LogP contribution >= 0.6 is 0 Å². The molecule has 118 valence electrons. The van der Waals surface area contributed by atoms with Crippen LogP contribution in [0.3, 0.4) is 0 Å². The second-order valence-corrected chi connectivity index (χ2v) is 6.22. The highest BCUT2D eigenvalue weighted by atomic mass is 16.6. The summed E-state index contributed by atoms with van der Waals surface area (Å²) in [5.74, 6) is -0.539. The maximum absolute atomic E-state index is 12.5. The average Bonchev–Trinajstić information content (AvgIpc) is 2.55. The molecule has 0 aliphatic rings. The molecular formula is C19H19NO3. The molecule has 2 rings (SSSR count). The molecule has 2 aromatic rings. The van der Waals surface area contributed by atoms with Crippen molar-refractivity contribution in [3.8, 4) is 0 Å². The summed E-state index contributed by atoms with van der Waals surface area (Å²) >= 11 is 0. The van der Waals surface area contributed by atoms with Crippen LogP contribution in [0.1, 0.15) is 36.7 Å². The quantitative estimate of drug-likeness (QED) is 0.486. The zero-order valence-electron chi connectivity index (χ0n) is 13.4. The lowest BCUT2D eigenvalue weighted by atomic mass is 9.78. The van der Waals surface area contributed by atoms with E-state index in [0.29, 0.717) is 11.1 Å². The molecule has 0 saturated heterocycles. The van der Waals surface area contributed by atoms with Crippen LogP contribution in [0, 0.1) is 5.41 Å². The molecule has 0 heterocycles. The minimum Gasteiger partial charge on any atom is -0.428 e. The van der Waals surface area contributed by atoms with Crippen LogP contribution in [0.15, 0.2) is 65.7 Å². The van der Waals surface area contributed by atoms with Crippen LogP contribution in [-0.4, -0.2) is 12.0 Å². The number of rotatable bonds is 4. The molecular weight excluding hydrogens is 290 g/mol. The molecule has 0 aliphatic heterocycles. The van der Waals surface area contributed by atoms with Gasteiger partial charge < -0.3 is 4.74 Å². The third kappa shape index (κ3) is 3.38. The van der Waals surface area contributed by atoms with Crippen molar-refractivity contribution in [3.05, 3.63) is 71.8 Å². The third-order valence-electron chi connectivity index (χ3n) is 3.63. The minimum absolute atomic E-state index is 0.401. The Hall–Kier alpha value is -2.71. The van der Waals surface area contributed by atoms with Crippen molar-refractivity contribution >= 4 is 12.0 Å². The molecule has 0 bridgehead atoms. The van der Waals surface area contributed by atoms with E-state index in [1.807, 2.05) is 45.0 Å². The van der Waals surface area contributed by atoms with Gasteiger partial charge in [-0.25, -0.2) is 9.59 Å². The van der Waals surface area contributed by atoms with E-state index in [1.165, 1.54) is 0 Å². The number of isocyanates is 1. The number of ether oxygens (including phenoxy) is 1. The summed E-state index contributed by atoms with van der Waals surface area (Å²) in [5.41, 5.74) is -1.06. The maximum atomic E-state index is 12.5. The molecule has 0 radical (unpaired) electrons. The molecule has 0 aromatic heterocycles. The topological polar surface area (TPSA) is 55.7 Å². The lowest BCUT2D eigenvalue weighted by molar-refractivity contribution is -0.0791. The summed E-state index contributed by atoms with van der Waals surface area (Å²) in [6, 6.07) is 17.7. The number of carbonyl (C=O) groups excluding carboxylic acids is 2. The van der Waals surface area contributed by atoms with Gasteiger partial charge in [0, 0.05) is 11.0 Å². The fourth-order valence-corrected chi connectivity index (χ4v) is 2.40. The Bertz CT molecular complexity index is 713. The summed E-state index contributed by atoms with van der Waals surface area (Å²) in [6.07, 6.45) is 1.57. The van der Waals surface area contributed by atoms with Crippen molar-refractivity contribution in [1.82, 2.24) is 0 Å². The summed E-state index contributed by atoms with van der Waals surface area (Å²) in [6.45, 7) is 5.58. The molecule has 2 aromatic carbocycles. The highest BCUT2D eigenvalue weighted by Crippen LogP contribution is 2.44. The van der Waals surface area contributed by atoms with E-state index in [4.69, 9.17) is 4.74 Å². The van der Waals surface area contributed by atoms with E-state index < -0.39 is 17.1 Å². The van der Waals surface area contributed by atoms with E-state index in [0.717, 1.165) is 0 Å². The largest absolute Gasteiger partial charge is 0.428 e. The van der Waals surface area contributed by atoms with Crippen LogP contribution in [0.5, 0.6) is 0 Å². The number of carbonyl (C=O) groups is 1. The van der Waals surface area contributed by atoms with Crippen LogP contribution in [0.2, 0.25) is 0 Å². The van der Waals surface area contributed by atoms with E-state index in [2.05, 4.69) is 4.99 Å². The Morgan fingerprint density at radius 2 is 1.48 bits per heavy atom. The Labute approximate surface area is 135 Å². The molecule has 1 unspecified atom stereocenters. The monoisotopic (exact) mass is 309 g/mol.